The summed E-state index contributed by atoms with van der Waals surface area (Å²) in [6.07, 6.45) is 3.92. The Morgan fingerprint density at radius 1 is 1.18 bits per heavy atom. The topological polar surface area (TPSA) is 120 Å². The lowest BCUT2D eigenvalue weighted by Crippen LogP contribution is -2.42. The molecule has 2 amide bonds. The molecule has 1 spiro atoms. The number of rotatable bonds is 2. The largest absolute Gasteiger partial charge is 0.508 e. The van der Waals surface area contributed by atoms with Gasteiger partial charge < -0.3 is 20.4 Å². The summed E-state index contributed by atoms with van der Waals surface area (Å²) in [4.78, 5) is 41.3. The first kappa shape index (κ1) is 22.0. The van der Waals surface area contributed by atoms with Crippen molar-refractivity contribution in [3.8, 4) is 5.75 Å². The Morgan fingerprint density at radius 3 is 2.67 bits per heavy atom. The van der Waals surface area contributed by atoms with Crippen LogP contribution in [0.3, 0.4) is 0 Å². The Hall–Kier alpha value is -4.20. The molecule has 0 saturated carbocycles. The number of phenolic OH excluding ortho intramolecular Hbond substituents is 1. The molecule has 3 aromatic rings. The summed E-state index contributed by atoms with van der Waals surface area (Å²) in [7, 11) is 0. The number of hydrogen-bond donors (Lipinski definition) is 3. The van der Waals surface area contributed by atoms with Gasteiger partial charge in [0.15, 0.2) is 0 Å². The number of pyridine rings is 1. The van der Waals surface area contributed by atoms with Gasteiger partial charge in [-0.25, -0.2) is 0 Å². The van der Waals surface area contributed by atoms with Crippen molar-refractivity contribution in [3.05, 3.63) is 89.2 Å². The minimum Gasteiger partial charge on any atom is -0.508 e. The second-order valence-electron chi connectivity index (χ2n) is 7.96. The quantitative estimate of drug-likeness (QED) is 0.521. The van der Waals surface area contributed by atoms with Gasteiger partial charge in [0.1, 0.15) is 11.2 Å². The van der Waals surface area contributed by atoms with E-state index in [9.17, 15) is 14.7 Å². The van der Waals surface area contributed by atoms with E-state index in [2.05, 4.69) is 10.3 Å². The fourth-order valence-electron chi connectivity index (χ4n) is 4.92. The first-order valence-corrected chi connectivity index (χ1v) is 10.4. The average molecular weight is 445 g/mol. The van der Waals surface area contributed by atoms with Crippen LogP contribution in [0.2, 0.25) is 0 Å². The highest BCUT2D eigenvalue weighted by molar-refractivity contribution is 6.08. The van der Waals surface area contributed by atoms with Gasteiger partial charge >= 0.3 is 0 Å². The zero-order valence-corrected chi connectivity index (χ0v) is 17.9. The van der Waals surface area contributed by atoms with Crippen LogP contribution in [0.25, 0.3) is 0 Å². The van der Waals surface area contributed by atoms with Crippen molar-refractivity contribution < 1.29 is 24.6 Å². The lowest BCUT2D eigenvalue weighted by molar-refractivity contribution is -0.123. The third-order valence-electron chi connectivity index (χ3n) is 6.38. The van der Waals surface area contributed by atoms with E-state index in [4.69, 9.17) is 9.90 Å². The first-order valence-electron chi connectivity index (χ1n) is 10.4. The molecule has 2 atom stereocenters. The van der Waals surface area contributed by atoms with Gasteiger partial charge in [-0.15, -0.1) is 0 Å². The summed E-state index contributed by atoms with van der Waals surface area (Å²) < 4.78 is 0. The van der Waals surface area contributed by atoms with Gasteiger partial charge in [0.2, 0.25) is 5.91 Å². The van der Waals surface area contributed by atoms with Crippen molar-refractivity contribution in [2.24, 2.45) is 0 Å². The summed E-state index contributed by atoms with van der Waals surface area (Å²) in [6.45, 7) is 1.90. The van der Waals surface area contributed by atoms with E-state index in [1.165, 1.54) is 0 Å². The number of nitrogens with zero attached hydrogens (tertiary/aromatic N) is 2. The summed E-state index contributed by atoms with van der Waals surface area (Å²) in [5, 5.41) is 20.0. The highest BCUT2D eigenvalue weighted by atomic mass is 16.3. The predicted molar refractivity (Wildman–Crippen MR) is 121 cm³/mol. The average Bonchev–Trinajstić information content (AvgIpc) is 3.36. The number of carbonyl (C=O) groups is 3. The molecular formula is C25H23N3O5. The van der Waals surface area contributed by atoms with Gasteiger partial charge in [0.05, 0.1) is 6.04 Å². The maximum absolute atomic E-state index is 13.6. The number of likely N-dealkylation sites (tertiary alicyclic amines) is 1. The number of carboxylic acid groups (broad SMARTS) is 1. The third kappa shape index (κ3) is 3.49. The molecule has 1 aromatic heterocycles. The zero-order valence-electron chi connectivity index (χ0n) is 17.9. The molecule has 2 aliphatic heterocycles. The second kappa shape index (κ2) is 8.74. The van der Waals surface area contributed by atoms with Crippen LogP contribution in [0.1, 0.15) is 39.5 Å². The van der Waals surface area contributed by atoms with Crippen LogP contribution in [0.4, 0.5) is 5.69 Å². The zero-order chi connectivity index (χ0) is 23.6. The molecule has 8 nitrogen and oxygen atoms in total. The Morgan fingerprint density at radius 2 is 1.94 bits per heavy atom. The molecule has 33 heavy (non-hydrogen) atoms. The highest BCUT2D eigenvalue weighted by Gasteiger charge is 2.59. The van der Waals surface area contributed by atoms with E-state index < -0.39 is 11.5 Å². The number of aromatic nitrogens is 1. The fraction of sp³-hybridized carbons (Fsp3) is 0.200. The van der Waals surface area contributed by atoms with E-state index in [-0.39, 0.29) is 24.0 Å². The molecule has 1 saturated heterocycles. The van der Waals surface area contributed by atoms with Crippen LogP contribution in [0, 0.1) is 6.92 Å². The molecule has 2 unspecified atom stereocenters. The minimum absolute atomic E-state index is 0.0802. The van der Waals surface area contributed by atoms with Crippen molar-refractivity contribution in [2.45, 2.75) is 24.8 Å². The molecule has 2 aliphatic rings. The Balaban J connectivity index is 0.000000821. The molecular weight excluding hydrogens is 422 g/mol. The molecule has 0 aliphatic carbocycles. The number of benzene rings is 2. The number of hydrogen-bond acceptors (Lipinski definition) is 5. The number of amides is 2. The molecule has 3 N–H and O–H groups in total. The number of phenols is 1. The molecule has 5 rings (SSSR count). The smallest absolute Gasteiger partial charge is 0.290 e. The van der Waals surface area contributed by atoms with Gasteiger partial charge in [0, 0.05) is 35.8 Å². The molecule has 0 bridgehead atoms. The van der Waals surface area contributed by atoms with Crippen LogP contribution in [0.5, 0.6) is 5.75 Å². The SMILES string of the molecule is Cc1c(O)cccc1C(=O)N1CCC2(C(=O)Nc3ccccc32)C1c1cccnc1.O=CO. The van der Waals surface area contributed by atoms with E-state index >= 15 is 0 Å². The number of anilines is 1. The van der Waals surface area contributed by atoms with Crippen LogP contribution in [-0.2, 0) is 15.0 Å². The second-order valence-corrected chi connectivity index (χ2v) is 7.96. The maximum Gasteiger partial charge on any atom is 0.290 e. The van der Waals surface area contributed by atoms with Crippen LogP contribution in [-0.4, -0.2) is 44.9 Å². The third-order valence-corrected chi connectivity index (χ3v) is 6.38. The van der Waals surface area contributed by atoms with Crippen LogP contribution < -0.4 is 5.32 Å². The summed E-state index contributed by atoms with van der Waals surface area (Å²) >= 11 is 0. The monoisotopic (exact) mass is 445 g/mol. The van der Waals surface area contributed by atoms with Crippen molar-refractivity contribution in [1.82, 2.24) is 9.88 Å². The van der Waals surface area contributed by atoms with Crippen molar-refractivity contribution in [2.75, 3.05) is 11.9 Å². The maximum atomic E-state index is 13.6. The van der Waals surface area contributed by atoms with E-state index in [1.54, 1.807) is 42.4 Å². The molecule has 2 aromatic carbocycles. The van der Waals surface area contributed by atoms with Crippen LogP contribution in [0.15, 0.2) is 67.0 Å². The predicted octanol–water partition coefficient (Wildman–Crippen LogP) is 3.27. The molecule has 1 fully saturated rings. The molecule has 0 radical (unpaired) electrons. The van der Waals surface area contributed by atoms with E-state index in [1.807, 2.05) is 36.4 Å². The summed E-state index contributed by atoms with van der Waals surface area (Å²) in [5.74, 6) is -0.219. The number of aromatic hydroxyl groups is 1. The number of fused-ring (bicyclic) bond motifs is 2. The highest BCUT2D eigenvalue weighted by Crippen LogP contribution is 2.54. The minimum atomic E-state index is -0.875. The Bertz CT molecular complexity index is 1210. The van der Waals surface area contributed by atoms with E-state index in [0.717, 1.165) is 16.8 Å². The normalized spacial score (nSPS) is 20.6. The Labute approximate surface area is 190 Å². The van der Waals surface area contributed by atoms with Gasteiger partial charge in [0.25, 0.3) is 12.4 Å². The van der Waals surface area contributed by atoms with Crippen molar-refractivity contribution in [3.63, 3.8) is 0 Å². The first-order chi connectivity index (χ1) is 16.0. The Kier molecular flexibility index (Phi) is 5.83. The number of para-hydroxylation sites is 1. The number of nitrogens with one attached hydrogen (secondary N) is 1. The van der Waals surface area contributed by atoms with Gasteiger partial charge in [-0.2, -0.15) is 0 Å². The summed E-state index contributed by atoms with van der Waals surface area (Å²) in [5.41, 5.74) is 2.61. The van der Waals surface area contributed by atoms with E-state index in [0.29, 0.717) is 24.1 Å². The van der Waals surface area contributed by atoms with Crippen molar-refractivity contribution >= 4 is 24.0 Å². The van der Waals surface area contributed by atoms with Gasteiger partial charge in [-0.1, -0.05) is 30.3 Å². The lowest BCUT2D eigenvalue weighted by Gasteiger charge is -2.34. The fourth-order valence-corrected chi connectivity index (χ4v) is 4.92. The van der Waals surface area contributed by atoms with Gasteiger partial charge in [-0.05, 0) is 48.7 Å². The van der Waals surface area contributed by atoms with Crippen LogP contribution >= 0.6 is 0 Å². The molecule has 8 heteroatoms. The van der Waals surface area contributed by atoms with Gasteiger partial charge in [-0.3, -0.25) is 19.4 Å². The van der Waals surface area contributed by atoms with Crippen molar-refractivity contribution in [1.29, 1.82) is 0 Å². The standard InChI is InChI=1S/C24H21N3O3.CH2O2/c1-15-17(7-4-10-20(15)28)22(29)27-13-11-24(21(27)16-6-5-12-25-14-16)18-8-2-3-9-19(18)26-23(24)30;2-1-3/h2-10,12,14,21,28H,11,13H2,1H3,(H,26,30);1H,(H,2,3). The lowest BCUT2D eigenvalue weighted by atomic mass is 9.73. The summed E-state index contributed by atoms with van der Waals surface area (Å²) in [6, 6.07) is 15.9. The molecule has 3 heterocycles. The number of carbonyl (C=O) groups excluding carboxylic acids is 2. The molecule has 168 valence electrons.